The van der Waals surface area contributed by atoms with E-state index in [0.29, 0.717) is 12.1 Å². The topological polar surface area (TPSA) is 9.72 Å². The van der Waals surface area contributed by atoms with Gasteiger partial charge in [-0.05, 0) is 157 Å². The highest BCUT2D eigenvalue weighted by Gasteiger charge is 2.51. The molecular weight excluding hydrogens is 1050 g/mol. The predicted molar refractivity (Wildman–Crippen MR) is 371 cm³/mol. The number of para-hydroxylation sites is 2. The van der Waals surface area contributed by atoms with Crippen LogP contribution in [0.2, 0.25) is 0 Å². The monoisotopic (exact) mass is 1120 g/mol. The van der Waals surface area contributed by atoms with Crippen LogP contribution in [0.4, 0.5) is 39.8 Å². The minimum atomic E-state index is -0.130. The molecule has 3 aliphatic heterocycles. The predicted octanol–water partition coefficient (Wildman–Crippen LogP) is 20.1. The first kappa shape index (κ1) is 53.4. The third-order valence-electron chi connectivity index (χ3n) is 20.4. The SMILES string of the molecule is CC(C)(C)c1ccc(-c2ccc3c(c2)B2c4ccc(N5C6CC7CCC5C(C7)C6)cc4N(c4c(-c5ccccc5)cccc4-c4ccccc4)c4cc(-c5ccc(C(C)(C)C)cc5)cc(c42)N3c2c(-c3ccccc3)cccc2-c2ccccc2)cc1. The molecule has 4 unspecified atom stereocenters. The van der Waals surface area contributed by atoms with Crippen LogP contribution in [0.5, 0.6) is 0 Å². The average molecular weight is 1120 g/mol. The summed E-state index contributed by atoms with van der Waals surface area (Å²) in [5.74, 6) is 1.60. The first-order valence-corrected chi connectivity index (χ1v) is 32.0. The van der Waals surface area contributed by atoms with E-state index in [-0.39, 0.29) is 17.5 Å². The van der Waals surface area contributed by atoms with E-state index in [9.17, 15) is 0 Å². The van der Waals surface area contributed by atoms with Gasteiger partial charge in [0.25, 0.3) is 6.71 Å². The third-order valence-corrected chi connectivity index (χ3v) is 20.4. The zero-order valence-electron chi connectivity index (χ0n) is 51.0. The largest absolute Gasteiger partial charge is 0.365 e. The van der Waals surface area contributed by atoms with E-state index in [1.54, 1.807) is 0 Å². The molecule has 4 heteroatoms. The lowest BCUT2D eigenvalue weighted by atomic mass is 9.33. The molecule has 0 N–H and O–H groups in total. The van der Waals surface area contributed by atoms with Crippen LogP contribution < -0.4 is 31.1 Å². The Morgan fingerprint density at radius 1 is 0.345 bits per heavy atom. The normalized spacial score (nSPS) is 18.1. The molecule has 3 nitrogen and oxygen atoms in total. The van der Waals surface area contributed by atoms with Gasteiger partial charge < -0.3 is 14.7 Å². The number of hydrogen-bond acceptors (Lipinski definition) is 3. The second kappa shape index (κ2) is 20.8. The van der Waals surface area contributed by atoms with Crippen LogP contribution >= 0.6 is 0 Å². The standard InChI is InChI=1S/C83H74BN3/c1-82(2,3)64-39-34-55(35-40-64)61-38-46-75-73(50-61)84-72-44-43-66(85-67-48-54-33-45-74(85)63(47-54)49-67)53-76(72)87(81-70(59-25-15-9-16-26-59)31-20-32-71(81)60-27-17-10-18-28-60)78-52-62(56-36-41-65(42-37-56)83(4,5)6)51-77(79(78)84)86(75)80-68(57-21-11-7-12-22-57)29-19-30-69(80)58-23-13-8-14-24-58/h7-32,34-44,46,50-54,63,67,74H,33,45,47-49H2,1-6H3. The molecule has 2 saturated carbocycles. The summed E-state index contributed by atoms with van der Waals surface area (Å²) in [6.07, 6.45) is 6.62. The lowest BCUT2D eigenvalue weighted by Gasteiger charge is -2.46. The summed E-state index contributed by atoms with van der Waals surface area (Å²) in [5.41, 5.74) is 29.5. The molecule has 3 heterocycles. The first-order chi connectivity index (χ1) is 42.4. The van der Waals surface area contributed by atoms with Crippen molar-refractivity contribution in [1.82, 2.24) is 0 Å². The fraction of sp³-hybridized carbons (Fsp3) is 0.205. The van der Waals surface area contributed by atoms with Crippen molar-refractivity contribution in [3.05, 3.63) is 266 Å². The summed E-state index contributed by atoms with van der Waals surface area (Å²) in [5, 5.41) is 0. The van der Waals surface area contributed by atoms with E-state index >= 15 is 0 Å². The smallest absolute Gasteiger partial charge is 0.252 e. The molecular formula is C83H74BN3. The van der Waals surface area contributed by atoms with Crippen molar-refractivity contribution >= 4 is 62.9 Å². The van der Waals surface area contributed by atoms with E-state index in [1.165, 1.54) is 161 Å². The van der Waals surface area contributed by atoms with E-state index in [4.69, 9.17) is 0 Å². The van der Waals surface area contributed by atoms with Crippen LogP contribution in [0, 0.1) is 11.8 Å². The molecule has 2 aliphatic carbocycles. The van der Waals surface area contributed by atoms with Crippen LogP contribution in [0.15, 0.2) is 255 Å². The van der Waals surface area contributed by atoms with Gasteiger partial charge in [0, 0.05) is 62.8 Å². The average Bonchev–Trinajstić information content (AvgIpc) is 1.03. The van der Waals surface area contributed by atoms with Gasteiger partial charge in [0.1, 0.15) is 0 Å². The Kier molecular flexibility index (Phi) is 12.8. The summed E-state index contributed by atoms with van der Waals surface area (Å²) in [4.78, 5) is 8.37. The quantitative estimate of drug-likeness (QED) is 0.133. The molecule has 3 bridgehead atoms. The lowest BCUT2D eigenvalue weighted by Crippen LogP contribution is -2.61. The highest BCUT2D eigenvalue weighted by atomic mass is 15.2. The van der Waals surface area contributed by atoms with Crippen molar-refractivity contribution in [2.45, 2.75) is 96.6 Å². The molecule has 3 fully saturated rings. The highest BCUT2D eigenvalue weighted by Crippen LogP contribution is 2.56. The van der Waals surface area contributed by atoms with Gasteiger partial charge >= 0.3 is 0 Å². The first-order valence-electron chi connectivity index (χ1n) is 32.0. The molecule has 11 aromatic rings. The van der Waals surface area contributed by atoms with Gasteiger partial charge in [-0.2, -0.15) is 0 Å². The van der Waals surface area contributed by atoms with Gasteiger partial charge in [-0.25, -0.2) is 0 Å². The van der Waals surface area contributed by atoms with Gasteiger partial charge in [0.15, 0.2) is 0 Å². The maximum Gasteiger partial charge on any atom is 0.252 e. The summed E-state index contributed by atoms with van der Waals surface area (Å²) in [7, 11) is 0. The number of rotatable bonds is 9. The van der Waals surface area contributed by atoms with E-state index in [1.807, 2.05) is 0 Å². The Morgan fingerprint density at radius 3 is 1.29 bits per heavy atom. The molecule has 1 saturated heterocycles. The molecule has 4 atom stereocenters. The maximum absolute atomic E-state index is 2.92. The van der Waals surface area contributed by atoms with Crippen LogP contribution in [-0.2, 0) is 10.8 Å². The number of fused-ring (bicyclic) bond motifs is 6. The van der Waals surface area contributed by atoms with Gasteiger partial charge in [0.05, 0.1) is 11.4 Å². The fourth-order valence-electron chi connectivity index (χ4n) is 16.2. The number of nitrogens with zero attached hydrogens (tertiary/aromatic N) is 3. The summed E-state index contributed by atoms with van der Waals surface area (Å²) >= 11 is 0. The van der Waals surface area contributed by atoms with Gasteiger partial charge in [-0.1, -0.05) is 266 Å². The number of benzene rings is 11. The lowest BCUT2D eigenvalue weighted by molar-refractivity contribution is 0.222. The molecule has 0 amide bonds. The Hall–Kier alpha value is -9.12. The van der Waals surface area contributed by atoms with Crippen LogP contribution in [0.3, 0.4) is 0 Å². The van der Waals surface area contributed by atoms with Crippen LogP contribution in [0.1, 0.15) is 84.8 Å². The zero-order chi connectivity index (χ0) is 58.7. The van der Waals surface area contributed by atoms with E-state index < -0.39 is 0 Å². The molecule has 0 spiro atoms. The summed E-state index contributed by atoms with van der Waals surface area (Å²) in [6, 6.07) is 98.8. The Bertz CT molecular complexity index is 4290. The van der Waals surface area contributed by atoms with E-state index in [0.717, 1.165) is 17.5 Å². The van der Waals surface area contributed by atoms with Gasteiger partial charge in [-0.3, -0.25) is 0 Å². The molecule has 87 heavy (non-hydrogen) atoms. The number of hydrogen-bond donors (Lipinski definition) is 0. The van der Waals surface area contributed by atoms with Crippen molar-refractivity contribution in [2.75, 3.05) is 14.7 Å². The second-order valence-corrected chi connectivity index (χ2v) is 27.6. The van der Waals surface area contributed by atoms with E-state index in [2.05, 4.69) is 311 Å². The second-order valence-electron chi connectivity index (χ2n) is 27.6. The number of anilines is 7. The van der Waals surface area contributed by atoms with Crippen molar-refractivity contribution in [1.29, 1.82) is 0 Å². The Balaban J connectivity index is 1.06. The molecule has 0 aromatic heterocycles. The molecule has 5 aliphatic rings. The van der Waals surface area contributed by atoms with Crippen molar-refractivity contribution in [2.24, 2.45) is 11.8 Å². The zero-order valence-corrected chi connectivity index (χ0v) is 51.0. The third kappa shape index (κ3) is 9.08. The summed E-state index contributed by atoms with van der Waals surface area (Å²) in [6.45, 7) is 13.8. The molecule has 424 valence electrons. The minimum absolute atomic E-state index is 0.00293. The Morgan fingerprint density at radius 2 is 0.805 bits per heavy atom. The molecule has 0 radical (unpaired) electrons. The fourth-order valence-corrected chi connectivity index (χ4v) is 16.2. The van der Waals surface area contributed by atoms with Crippen molar-refractivity contribution < 1.29 is 0 Å². The molecule has 11 aromatic carbocycles. The molecule has 16 rings (SSSR count). The van der Waals surface area contributed by atoms with Gasteiger partial charge in [-0.15, -0.1) is 0 Å². The minimum Gasteiger partial charge on any atom is -0.365 e. The summed E-state index contributed by atoms with van der Waals surface area (Å²) < 4.78 is 0. The van der Waals surface area contributed by atoms with Crippen LogP contribution in [0.25, 0.3) is 66.8 Å². The van der Waals surface area contributed by atoms with Crippen molar-refractivity contribution in [3.63, 3.8) is 0 Å². The van der Waals surface area contributed by atoms with Crippen LogP contribution in [-0.4, -0.2) is 18.8 Å². The van der Waals surface area contributed by atoms with Crippen molar-refractivity contribution in [3.8, 4) is 66.8 Å². The van der Waals surface area contributed by atoms with Gasteiger partial charge in [0.2, 0.25) is 0 Å². The highest BCUT2D eigenvalue weighted by molar-refractivity contribution is 7.00. The Labute approximate surface area is 515 Å². The maximum atomic E-state index is 2.92.